The van der Waals surface area contributed by atoms with E-state index < -0.39 is 0 Å². The molecule has 1 aliphatic heterocycles. The summed E-state index contributed by atoms with van der Waals surface area (Å²) in [6.45, 7) is 4.77. The van der Waals surface area contributed by atoms with Crippen molar-refractivity contribution in [1.82, 2.24) is 4.90 Å². The van der Waals surface area contributed by atoms with Gasteiger partial charge < -0.3 is 10.8 Å². The molecule has 94 valence electrons. The van der Waals surface area contributed by atoms with Crippen molar-refractivity contribution in [3.05, 3.63) is 28.2 Å². The van der Waals surface area contributed by atoms with Gasteiger partial charge in [-0.15, -0.1) is 0 Å². The van der Waals surface area contributed by atoms with Gasteiger partial charge in [-0.3, -0.25) is 4.90 Å². The molecule has 2 atom stereocenters. The van der Waals surface area contributed by atoms with Gasteiger partial charge in [0.2, 0.25) is 0 Å². The van der Waals surface area contributed by atoms with E-state index in [1.54, 1.807) is 0 Å². The molecule has 0 bridgehead atoms. The topological polar surface area (TPSA) is 49.5 Å². The van der Waals surface area contributed by atoms with Gasteiger partial charge in [0.05, 0.1) is 6.10 Å². The first kappa shape index (κ1) is 12.9. The Balaban J connectivity index is 2.01. The molecular formula is C13H19BrN2O. The Morgan fingerprint density at radius 1 is 1.47 bits per heavy atom. The van der Waals surface area contributed by atoms with Crippen molar-refractivity contribution in [2.24, 2.45) is 5.92 Å². The Labute approximate surface area is 111 Å². The molecule has 1 saturated heterocycles. The van der Waals surface area contributed by atoms with Crippen LogP contribution in [0, 0.1) is 5.92 Å². The van der Waals surface area contributed by atoms with Crippen LogP contribution in [0.15, 0.2) is 22.7 Å². The number of piperidine rings is 1. The second-order valence-electron chi connectivity index (χ2n) is 4.96. The molecule has 0 amide bonds. The number of aliphatic hydroxyl groups excluding tert-OH is 1. The van der Waals surface area contributed by atoms with E-state index in [0.717, 1.165) is 36.2 Å². The summed E-state index contributed by atoms with van der Waals surface area (Å²) in [6, 6.07) is 5.98. The largest absolute Gasteiger partial charge is 0.399 e. The van der Waals surface area contributed by atoms with E-state index in [-0.39, 0.29) is 6.10 Å². The number of rotatable bonds is 2. The molecular weight excluding hydrogens is 280 g/mol. The summed E-state index contributed by atoms with van der Waals surface area (Å²) < 4.78 is 1.01. The number of likely N-dealkylation sites (tertiary alicyclic amines) is 1. The second kappa shape index (κ2) is 5.38. The maximum Gasteiger partial charge on any atom is 0.0693 e. The Morgan fingerprint density at radius 2 is 2.24 bits per heavy atom. The first-order valence-electron chi connectivity index (χ1n) is 6.00. The van der Waals surface area contributed by atoms with Crippen molar-refractivity contribution in [2.75, 3.05) is 18.8 Å². The van der Waals surface area contributed by atoms with E-state index in [9.17, 15) is 5.11 Å². The van der Waals surface area contributed by atoms with Crippen molar-refractivity contribution >= 4 is 21.6 Å². The molecule has 3 N–H and O–H groups in total. The highest BCUT2D eigenvalue weighted by Crippen LogP contribution is 2.22. The summed E-state index contributed by atoms with van der Waals surface area (Å²) in [6.07, 6.45) is 0.859. The monoisotopic (exact) mass is 298 g/mol. The fourth-order valence-corrected chi connectivity index (χ4v) is 2.84. The number of benzene rings is 1. The first-order chi connectivity index (χ1) is 8.04. The number of halogens is 1. The van der Waals surface area contributed by atoms with Crippen LogP contribution in [0.5, 0.6) is 0 Å². The molecule has 0 aromatic heterocycles. The summed E-state index contributed by atoms with van der Waals surface area (Å²) in [5.41, 5.74) is 7.79. The Kier molecular flexibility index (Phi) is 4.07. The van der Waals surface area contributed by atoms with Crippen LogP contribution in [0.3, 0.4) is 0 Å². The minimum Gasteiger partial charge on any atom is -0.399 e. The average Bonchev–Trinajstić information content (AvgIpc) is 2.22. The predicted molar refractivity (Wildman–Crippen MR) is 73.6 cm³/mol. The molecule has 1 aromatic rings. The zero-order chi connectivity index (χ0) is 12.4. The Morgan fingerprint density at radius 3 is 2.88 bits per heavy atom. The first-order valence-corrected chi connectivity index (χ1v) is 6.79. The van der Waals surface area contributed by atoms with Crippen LogP contribution in [-0.2, 0) is 6.54 Å². The average molecular weight is 299 g/mol. The highest BCUT2D eigenvalue weighted by atomic mass is 79.9. The van der Waals surface area contributed by atoms with Crippen molar-refractivity contribution in [3.8, 4) is 0 Å². The molecule has 0 aliphatic carbocycles. The molecule has 2 unspecified atom stereocenters. The number of aliphatic hydroxyl groups is 1. The summed E-state index contributed by atoms with van der Waals surface area (Å²) in [4.78, 5) is 2.28. The van der Waals surface area contributed by atoms with Gasteiger partial charge in [-0.1, -0.05) is 22.9 Å². The quantitative estimate of drug-likeness (QED) is 0.823. The summed E-state index contributed by atoms with van der Waals surface area (Å²) in [5.74, 6) is 0.416. The van der Waals surface area contributed by atoms with Crippen molar-refractivity contribution in [2.45, 2.75) is 26.0 Å². The molecule has 1 aromatic carbocycles. The number of nitrogen functional groups attached to an aromatic ring is 1. The zero-order valence-corrected chi connectivity index (χ0v) is 11.7. The standard InChI is InChI=1S/C13H19BrN2O/c1-9-2-3-16(8-13(9)17)7-10-4-11(14)6-12(15)5-10/h4-6,9,13,17H,2-3,7-8,15H2,1H3. The van der Waals surface area contributed by atoms with Gasteiger partial charge in [0.1, 0.15) is 0 Å². The van der Waals surface area contributed by atoms with Gasteiger partial charge in [0.15, 0.2) is 0 Å². The maximum absolute atomic E-state index is 9.86. The third kappa shape index (κ3) is 3.44. The van der Waals surface area contributed by atoms with E-state index in [1.165, 1.54) is 5.56 Å². The molecule has 0 radical (unpaired) electrons. The Bertz CT molecular complexity index is 377. The fraction of sp³-hybridized carbons (Fsp3) is 0.538. The number of β-amino-alcohol motifs (C(OH)–C–C–N with tert-alkyl or cyclic N) is 1. The van der Waals surface area contributed by atoms with E-state index >= 15 is 0 Å². The second-order valence-corrected chi connectivity index (χ2v) is 5.88. The minimum absolute atomic E-state index is 0.201. The molecule has 17 heavy (non-hydrogen) atoms. The summed E-state index contributed by atoms with van der Waals surface area (Å²) in [5, 5.41) is 9.86. The van der Waals surface area contributed by atoms with Gasteiger partial charge in [0, 0.05) is 23.2 Å². The molecule has 1 heterocycles. The summed E-state index contributed by atoms with van der Waals surface area (Å²) >= 11 is 3.45. The molecule has 1 fully saturated rings. The number of anilines is 1. The lowest BCUT2D eigenvalue weighted by atomic mass is 9.96. The number of nitrogens with zero attached hydrogens (tertiary/aromatic N) is 1. The lowest BCUT2D eigenvalue weighted by Gasteiger charge is -2.34. The lowest BCUT2D eigenvalue weighted by Crippen LogP contribution is -2.42. The molecule has 4 heteroatoms. The fourth-order valence-electron chi connectivity index (χ4n) is 2.28. The van der Waals surface area contributed by atoms with E-state index in [0.29, 0.717) is 5.92 Å². The van der Waals surface area contributed by atoms with Crippen LogP contribution in [0.25, 0.3) is 0 Å². The molecule has 3 nitrogen and oxygen atoms in total. The number of hydrogen-bond donors (Lipinski definition) is 2. The smallest absolute Gasteiger partial charge is 0.0693 e. The Hall–Kier alpha value is -0.580. The van der Waals surface area contributed by atoms with Crippen LogP contribution < -0.4 is 5.73 Å². The highest BCUT2D eigenvalue weighted by Gasteiger charge is 2.24. The van der Waals surface area contributed by atoms with E-state index in [1.807, 2.05) is 12.1 Å². The van der Waals surface area contributed by atoms with Crippen molar-refractivity contribution < 1.29 is 5.11 Å². The third-order valence-electron chi connectivity index (χ3n) is 3.39. The predicted octanol–water partition coefficient (Wildman–Crippen LogP) is 2.23. The van der Waals surface area contributed by atoms with Crippen LogP contribution in [0.2, 0.25) is 0 Å². The maximum atomic E-state index is 9.86. The van der Waals surface area contributed by atoms with Gasteiger partial charge >= 0.3 is 0 Å². The van der Waals surface area contributed by atoms with Crippen LogP contribution in [-0.4, -0.2) is 29.2 Å². The van der Waals surface area contributed by atoms with E-state index in [2.05, 4.69) is 33.8 Å². The normalized spacial score (nSPS) is 26.1. The van der Waals surface area contributed by atoms with Gasteiger partial charge in [0.25, 0.3) is 0 Å². The SMILES string of the molecule is CC1CCN(Cc2cc(N)cc(Br)c2)CC1O. The molecule has 0 saturated carbocycles. The van der Waals surface area contributed by atoms with Crippen LogP contribution >= 0.6 is 15.9 Å². The van der Waals surface area contributed by atoms with Gasteiger partial charge in [-0.25, -0.2) is 0 Å². The summed E-state index contributed by atoms with van der Waals surface area (Å²) in [7, 11) is 0. The van der Waals surface area contributed by atoms with E-state index in [4.69, 9.17) is 5.73 Å². The minimum atomic E-state index is -0.201. The number of nitrogens with two attached hydrogens (primary N) is 1. The van der Waals surface area contributed by atoms with Gasteiger partial charge in [-0.05, 0) is 42.6 Å². The molecule has 2 rings (SSSR count). The van der Waals surface area contributed by atoms with Gasteiger partial charge in [-0.2, -0.15) is 0 Å². The zero-order valence-electron chi connectivity index (χ0n) is 10.1. The third-order valence-corrected chi connectivity index (χ3v) is 3.85. The van der Waals surface area contributed by atoms with Crippen molar-refractivity contribution in [1.29, 1.82) is 0 Å². The molecule has 0 spiro atoms. The van der Waals surface area contributed by atoms with Crippen LogP contribution in [0.1, 0.15) is 18.9 Å². The highest BCUT2D eigenvalue weighted by molar-refractivity contribution is 9.10. The lowest BCUT2D eigenvalue weighted by molar-refractivity contribution is 0.0259. The molecule has 1 aliphatic rings. The number of hydrogen-bond acceptors (Lipinski definition) is 3. The van der Waals surface area contributed by atoms with Crippen molar-refractivity contribution in [3.63, 3.8) is 0 Å². The van der Waals surface area contributed by atoms with Crippen LogP contribution in [0.4, 0.5) is 5.69 Å².